The second-order valence-corrected chi connectivity index (χ2v) is 8.13. The Morgan fingerprint density at radius 3 is 2.90 bits per heavy atom. The largest absolute Gasteiger partial charge is 0.450 e. The van der Waals surface area contributed by atoms with Crippen LogP contribution >= 0.6 is 27.5 Å². The van der Waals surface area contributed by atoms with Crippen LogP contribution in [0.2, 0.25) is 5.02 Å². The van der Waals surface area contributed by atoms with Gasteiger partial charge in [-0.25, -0.2) is 9.78 Å². The lowest BCUT2D eigenvalue weighted by atomic mass is 9.95. The van der Waals surface area contributed by atoms with Crippen molar-refractivity contribution >= 4 is 50.3 Å². The molecule has 8 nitrogen and oxygen atoms in total. The zero-order chi connectivity index (χ0) is 21.1. The molecule has 2 aromatic rings. The van der Waals surface area contributed by atoms with Gasteiger partial charge in [-0.3, -0.25) is 14.2 Å². The van der Waals surface area contributed by atoms with Crippen molar-refractivity contribution in [1.82, 2.24) is 14.5 Å². The van der Waals surface area contributed by atoms with Crippen molar-refractivity contribution in [3.63, 3.8) is 0 Å². The van der Waals surface area contributed by atoms with Crippen molar-refractivity contribution in [2.24, 2.45) is 0 Å². The van der Waals surface area contributed by atoms with Crippen LogP contribution < -0.4 is 5.56 Å². The molecule has 0 radical (unpaired) electrons. The molecular weight excluding hydrogens is 466 g/mol. The standard InChI is InChI=1S/C19H21BrClN3O5/c1-2-29-19(28)24-5-3-4-17(26)16(24)6-11(25)9-23-10-22-15-8-13(20)14(21)7-12(15)18(23)27/h7-8,10,16-17,26H,2-6,9H2,1H3/t16-,17+/m1/s1. The number of ether oxygens (including phenoxy) is 1. The number of nitrogens with zero attached hydrogens (tertiary/aromatic N) is 3. The first kappa shape index (κ1) is 21.7. The van der Waals surface area contributed by atoms with E-state index < -0.39 is 18.2 Å². The molecular formula is C19H21BrClN3O5. The fourth-order valence-corrected chi connectivity index (χ4v) is 3.96. The summed E-state index contributed by atoms with van der Waals surface area (Å²) in [6.07, 6.45) is 0.997. The molecule has 2 atom stereocenters. The summed E-state index contributed by atoms with van der Waals surface area (Å²) in [5.41, 5.74) is 0.0790. The lowest BCUT2D eigenvalue weighted by Crippen LogP contribution is -2.52. The van der Waals surface area contributed by atoms with E-state index in [1.807, 2.05) is 0 Å². The normalized spacial score (nSPS) is 19.4. The molecule has 1 aliphatic rings. The number of halogens is 2. The van der Waals surface area contributed by atoms with Gasteiger partial charge in [0, 0.05) is 17.4 Å². The number of likely N-dealkylation sites (tertiary alicyclic amines) is 1. The number of carbonyl (C=O) groups is 2. The fourth-order valence-electron chi connectivity index (χ4n) is 3.47. The first-order chi connectivity index (χ1) is 13.8. The zero-order valence-electron chi connectivity index (χ0n) is 15.8. The van der Waals surface area contributed by atoms with E-state index in [9.17, 15) is 19.5 Å². The highest BCUT2D eigenvalue weighted by Crippen LogP contribution is 2.26. The summed E-state index contributed by atoms with van der Waals surface area (Å²) >= 11 is 9.35. The van der Waals surface area contributed by atoms with Gasteiger partial charge in [-0.2, -0.15) is 0 Å². The predicted octanol–water partition coefficient (Wildman–Crippen LogP) is 2.75. The second-order valence-electron chi connectivity index (χ2n) is 6.87. The molecule has 0 spiro atoms. The van der Waals surface area contributed by atoms with Gasteiger partial charge in [-0.05, 0) is 47.8 Å². The first-order valence-corrected chi connectivity index (χ1v) is 10.5. The molecule has 0 saturated carbocycles. The van der Waals surface area contributed by atoms with Gasteiger partial charge < -0.3 is 14.7 Å². The molecule has 1 amide bonds. The minimum atomic E-state index is -0.820. The smallest absolute Gasteiger partial charge is 0.410 e. The highest BCUT2D eigenvalue weighted by atomic mass is 79.9. The van der Waals surface area contributed by atoms with Crippen LogP contribution in [0.5, 0.6) is 0 Å². The molecule has 1 aliphatic heterocycles. The summed E-state index contributed by atoms with van der Waals surface area (Å²) < 4.78 is 6.86. The van der Waals surface area contributed by atoms with Crippen LogP contribution in [0.4, 0.5) is 4.79 Å². The number of aliphatic hydroxyl groups is 1. The van der Waals surface area contributed by atoms with Crippen molar-refractivity contribution in [1.29, 1.82) is 0 Å². The molecule has 1 saturated heterocycles. The number of hydrogen-bond acceptors (Lipinski definition) is 6. The number of aromatic nitrogens is 2. The van der Waals surface area contributed by atoms with Crippen molar-refractivity contribution in [2.75, 3.05) is 13.2 Å². The minimum Gasteiger partial charge on any atom is -0.450 e. The van der Waals surface area contributed by atoms with E-state index in [1.54, 1.807) is 13.0 Å². The lowest BCUT2D eigenvalue weighted by molar-refractivity contribution is -0.122. The number of Topliss-reactive ketones (excluding diaryl/α,β-unsaturated/α-hetero) is 1. The Bertz CT molecular complexity index is 996. The third-order valence-electron chi connectivity index (χ3n) is 4.90. The van der Waals surface area contributed by atoms with Crippen LogP contribution in [0.25, 0.3) is 10.9 Å². The Hall–Kier alpha value is -1.97. The van der Waals surface area contributed by atoms with Gasteiger partial charge in [0.05, 0.1) is 47.6 Å². The van der Waals surface area contributed by atoms with Crippen molar-refractivity contribution in [3.8, 4) is 0 Å². The quantitative estimate of drug-likeness (QED) is 0.697. The van der Waals surface area contributed by atoms with E-state index in [2.05, 4.69) is 20.9 Å². The molecule has 10 heteroatoms. The van der Waals surface area contributed by atoms with Gasteiger partial charge in [0.2, 0.25) is 0 Å². The van der Waals surface area contributed by atoms with Crippen molar-refractivity contribution < 1.29 is 19.4 Å². The summed E-state index contributed by atoms with van der Waals surface area (Å²) in [7, 11) is 0. The highest BCUT2D eigenvalue weighted by Gasteiger charge is 2.35. The van der Waals surface area contributed by atoms with E-state index >= 15 is 0 Å². The van der Waals surface area contributed by atoms with Crippen LogP contribution in [-0.4, -0.2) is 56.7 Å². The molecule has 29 heavy (non-hydrogen) atoms. The molecule has 1 aromatic heterocycles. The Morgan fingerprint density at radius 1 is 1.41 bits per heavy atom. The summed E-state index contributed by atoms with van der Waals surface area (Å²) in [6.45, 7) is 2.11. The molecule has 1 fully saturated rings. The van der Waals surface area contributed by atoms with Crippen LogP contribution in [0.15, 0.2) is 27.7 Å². The van der Waals surface area contributed by atoms with E-state index in [0.29, 0.717) is 39.8 Å². The SMILES string of the molecule is CCOC(=O)N1CCC[C@H](O)[C@H]1CC(=O)Cn1cnc2cc(Br)c(Cl)cc2c1=O. The van der Waals surface area contributed by atoms with Gasteiger partial charge in [0.25, 0.3) is 5.56 Å². The average Bonchev–Trinajstić information content (AvgIpc) is 2.67. The van der Waals surface area contributed by atoms with Crippen LogP contribution in [0.3, 0.4) is 0 Å². The number of ketones is 1. The third-order valence-corrected chi connectivity index (χ3v) is 6.09. The summed E-state index contributed by atoms with van der Waals surface area (Å²) in [5, 5.41) is 11.0. The number of fused-ring (bicyclic) bond motifs is 1. The molecule has 156 valence electrons. The van der Waals surface area contributed by atoms with Crippen molar-refractivity contribution in [3.05, 3.63) is 38.3 Å². The van der Waals surface area contributed by atoms with Gasteiger partial charge in [-0.15, -0.1) is 0 Å². The highest BCUT2D eigenvalue weighted by molar-refractivity contribution is 9.10. The number of carbonyl (C=O) groups excluding carboxylic acids is 2. The Balaban J connectivity index is 1.79. The fraction of sp³-hybridized carbons (Fsp3) is 0.474. The number of benzene rings is 1. The van der Waals surface area contributed by atoms with Gasteiger partial charge in [0.15, 0.2) is 5.78 Å². The lowest BCUT2D eigenvalue weighted by Gasteiger charge is -2.37. The Morgan fingerprint density at radius 2 is 2.17 bits per heavy atom. The first-order valence-electron chi connectivity index (χ1n) is 9.29. The van der Waals surface area contributed by atoms with E-state index in [1.165, 1.54) is 21.9 Å². The van der Waals surface area contributed by atoms with Gasteiger partial charge >= 0.3 is 6.09 Å². The summed E-state index contributed by atoms with van der Waals surface area (Å²) in [6, 6.07) is 2.47. The van der Waals surface area contributed by atoms with Crippen LogP contribution in [-0.2, 0) is 16.1 Å². The van der Waals surface area contributed by atoms with E-state index in [-0.39, 0.29) is 30.9 Å². The number of rotatable bonds is 5. The number of aliphatic hydroxyl groups excluding tert-OH is 1. The summed E-state index contributed by atoms with van der Waals surface area (Å²) in [4.78, 5) is 43.1. The van der Waals surface area contributed by atoms with E-state index in [0.717, 1.165) is 0 Å². The maximum absolute atomic E-state index is 12.7. The average molecular weight is 487 g/mol. The number of piperidine rings is 1. The Kier molecular flexibility index (Phi) is 6.92. The molecule has 0 bridgehead atoms. The molecule has 1 aromatic carbocycles. The van der Waals surface area contributed by atoms with Crippen molar-refractivity contribution in [2.45, 2.75) is 44.9 Å². The number of hydrogen-bond donors (Lipinski definition) is 1. The monoisotopic (exact) mass is 485 g/mol. The molecule has 0 unspecified atom stereocenters. The van der Waals surface area contributed by atoms with E-state index in [4.69, 9.17) is 16.3 Å². The maximum Gasteiger partial charge on any atom is 0.410 e. The van der Waals surface area contributed by atoms with Gasteiger partial charge in [0.1, 0.15) is 0 Å². The predicted molar refractivity (Wildman–Crippen MR) is 111 cm³/mol. The summed E-state index contributed by atoms with van der Waals surface area (Å²) in [5.74, 6) is -0.295. The van der Waals surface area contributed by atoms with Gasteiger partial charge in [-0.1, -0.05) is 11.6 Å². The third kappa shape index (κ3) is 4.79. The topological polar surface area (TPSA) is 102 Å². The van der Waals surface area contributed by atoms with Crippen LogP contribution in [0.1, 0.15) is 26.2 Å². The molecule has 0 aliphatic carbocycles. The maximum atomic E-state index is 12.7. The molecule has 3 rings (SSSR count). The molecule has 1 N–H and O–H groups in total. The number of amides is 1. The minimum absolute atomic E-state index is 0.0778. The second kappa shape index (κ2) is 9.23. The Labute approximate surface area is 180 Å². The zero-order valence-corrected chi connectivity index (χ0v) is 18.1. The van der Waals surface area contributed by atoms with Crippen LogP contribution in [0, 0.1) is 0 Å². The molecule has 2 heterocycles.